The number of sulfonamides is 1. The van der Waals surface area contributed by atoms with Gasteiger partial charge in [-0.1, -0.05) is 13.0 Å². The molecule has 0 aliphatic rings. The van der Waals surface area contributed by atoms with E-state index in [9.17, 15) is 13.2 Å². The van der Waals surface area contributed by atoms with Gasteiger partial charge in [0.15, 0.2) is 0 Å². The average Bonchev–Trinajstić information content (AvgIpc) is 2.15. The Kier molecular flexibility index (Phi) is 4.51. The van der Waals surface area contributed by atoms with Crippen molar-refractivity contribution in [2.75, 3.05) is 16.3 Å². The first-order valence-corrected chi connectivity index (χ1v) is 7.17. The second-order valence-electron chi connectivity index (χ2n) is 3.75. The molecular formula is C11H16N2O3S. The molecular weight excluding hydrogens is 240 g/mol. The van der Waals surface area contributed by atoms with Crippen molar-refractivity contribution >= 4 is 27.3 Å². The maximum absolute atomic E-state index is 11.4. The number of benzene rings is 1. The Bertz CT molecular complexity index is 497. The molecule has 0 fully saturated rings. The Hall–Kier alpha value is -1.56. The zero-order valence-electron chi connectivity index (χ0n) is 9.86. The van der Waals surface area contributed by atoms with E-state index < -0.39 is 10.0 Å². The number of rotatable bonds is 5. The van der Waals surface area contributed by atoms with Crippen LogP contribution in [0.25, 0.3) is 0 Å². The number of hydrogen-bond acceptors (Lipinski definition) is 3. The van der Waals surface area contributed by atoms with Gasteiger partial charge < -0.3 is 5.32 Å². The Morgan fingerprint density at radius 2 is 1.94 bits per heavy atom. The molecule has 6 heteroatoms. The standard InChI is InChI=1S/C11H16N2O3S/c1-3-5-11(14)12-9-6-4-7-10(8-9)13-17(2,15)16/h4,6-8,13H,3,5H2,1-2H3,(H,12,14). The topological polar surface area (TPSA) is 75.3 Å². The lowest BCUT2D eigenvalue weighted by atomic mass is 10.2. The highest BCUT2D eigenvalue weighted by atomic mass is 32.2. The van der Waals surface area contributed by atoms with Crippen LogP contribution in [-0.4, -0.2) is 20.6 Å². The van der Waals surface area contributed by atoms with E-state index in [2.05, 4.69) is 10.0 Å². The number of amides is 1. The van der Waals surface area contributed by atoms with Crippen molar-refractivity contribution in [3.63, 3.8) is 0 Å². The predicted octanol–water partition coefficient (Wildman–Crippen LogP) is 1.80. The number of anilines is 2. The quantitative estimate of drug-likeness (QED) is 0.843. The molecule has 0 spiro atoms. The van der Waals surface area contributed by atoms with E-state index in [4.69, 9.17) is 0 Å². The second kappa shape index (κ2) is 5.67. The van der Waals surface area contributed by atoms with Crippen molar-refractivity contribution in [1.29, 1.82) is 0 Å². The van der Waals surface area contributed by atoms with Crippen LogP contribution >= 0.6 is 0 Å². The van der Waals surface area contributed by atoms with Crippen LogP contribution in [0.15, 0.2) is 24.3 Å². The molecule has 0 bridgehead atoms. The molecule has 17 heavy (non-hydrogen) atoms. The zero-order chi connectivity index (χ0) is 12.9. The molecule has 5 nitrogen and oxygen atoms in total. The van der Waals surface area contributed by atoms with Crippen molar-refractivity contribution in [3.05, 3.63) is 24.3 Å². The smallest absolute Gasteiger partial charge is 0.229 e. The van der Waals surface area contributed by atoms with E-state index in [-0.39, 0.29) is 5.91 Å². The van der Waals surface area contributed by atoms with Crippen molar-refractivity contribution in [1.82, 2.24) is 0 Å². The van der Waals surface area contributed by atoms with Gasteiger partial charge in [0.1, 0.15) is 0 Å². The minimum absolute atomic E-state index is 0.0796. The first-order chi connectivity index (χ1) is 7.90. The van der Waals surface area contributed by atoms with Crippen molar-refractivity contribution in [2.45, 2.75) is 19.8 Å². The van der Waals surface area contributed by atoms with E-state index in [1.165, 1.54) is 0 Å². The largest absolute Gasteiger partial charge is 0.326 e. The molecule has 0 heterocycles. The van der Waals surface area contributed by atoms with Crippen LogP contribution in [-0.2, 0) is 14.8 Å². The summed E-state index contributed by atoms with van der Waals surface area (Å²) < 4.78 is 24.4. The molecule has 0 saturated carbocycles. The minimum Gasteiger partial charge on any atom is -0.326 e. The van der Waals surface area contributed by atoms with E-state index in [0.717, 1.165) is 12.7 Å². The SMILES string of the molecule is CCCC(=O)Nc1cccc(NS(C)(=O)=O)c1. The number of carbonyl (C=O) groups excluding carboxylic acids is 1. The molecule has 1 aromatic rings. The fraction of sp³-hybridized carbons (Fsp3) is 0.364. The predicted molar refractivity (Wildman–Crippen MR) is 68.4 cm³/mol. The lowest BCUT2D eigenvalue weighted by molar-refractivity contribution is -0.116. The lowest BCUT2D eigenvalue weighted by Gasteiger charge is -2.07. The van der Waals surface area contributed by atoms with Crippen molar-refractivity contribution < 1.29 is 13.2 Å². The molecule has 0 saturated heterocycles. The van der Waals surface area contributed by atoms with Crippen molar-refractivity contribution in [2.24, 2.45) is 0 Å². The van der Waals surface area contributed by atoms with Crippen LogP contribution in [0.5, 0.6) is 0 Å². The van der Waals surface area contributed by atoms with Crippen LogP contribution in [0.3, 0.4) is 0 Å². The minimum atomic E-state index is -3.30. The summed E-state index contributed by atoms with van der Waals surface area (Å²) in [6.07, 6.45) is 2.30. The monoisotopic (exact) mass is 256 g/mol. The van der Waals surface area contributed by atoms with Crippen LogP contribution < -0.4 is 10.0 Å². The molecule has 2 N–H and O–H groups in total. The first kappa shape index (κ1) is 13.5. The lowest BCUT2D eigenvalue weighted by Crippen LogP contribution is -2.12. The molecule has 94 valence electrons. The molecule has 0 atom stereocenters. The van der Waals surface area contributed by atoms with Gasteiger partial charge in [0.25, 0.3) is 0 Å². The van der Waals surface area contributed by atoms with Gasteiger partial charge in [-0.05, 0) is 24.6 Å². The molecule has 0 aliphatic carbocycles. The third kappa shape index (κ3) is 5.35. The summed E-state index contributed by atoms with van der Waals surface area (Å²) in [5.74, 6) is -0.0796. The van der Waals surface area contributed by atoms with E-state index in [1.807, 2.05) is 6.92 Å². The second-order valence-corrected chi connectivity index (χ2v) is 5.50. The van der Waals surface area contributed by atoms with Gasteiger partial charge >= 0.3 is 0 Å². The van der Waals surface area contributed by atoms with E-state index in [0.29, 0.717) is 17.8 Å². The van der Waals surface area contributed by atoms with Gasteiger partial charge in [0.2, 0.25) is 15.9 Å². The van der Waals surface area contributed by atoms with Gasteiger partial charge in [0.05, 0.1) is 11.9 Å². The van der Waals surface area contributed by atoms with E-state index >= 15 is 0 Å². The molecule has 0 aromatic heterocycles. The van der Waals surface area contributed by atoms with Crippen LogP contribution in [0.1, 0.15) is 19.8 Å². The highest BCUT2D eigenvalue weighted by Gasteiger charge is 2.04. The summed E-state index contributed by atoms with van der Waals surface area (Å²) in [7, 11) is -3.30. The van der Waals surface area contributed by atoms with Gasteiger partial charge in [-0.2, -0.15) is 0 Å². The highest BCUT2D eigenvalue weighted by molar-refractivity contribution is 7.92. The normalized spacial score (nSPS) is 10.9. The Morgan fingerprint density at radius 3 is 2.53 bits per heavy atom. The van der Waals surface area contributed by atoms with Gasteiger partial charge in [-0.25, -0.2) is 8.42 Å². The average molecular weight is 256 g/mol. The zero-order valence-corrected chi connectivity index (χ0v) is 10.7. The Labute approximate surface area is 101 Å². The highest BCUT2D eigenvalue weighted by Crippen LogP contribution is 2.16. The van der Waals surface area contributed by atoms with E-state index in [1.54, 1.807) is 24.3 Å². The molecule has 0 unspecified atom stereocenters. The number of nitrogens with one attached hydrogen (secondary N) is 2. The van der Waals surface area contributed by atoms with Crippen molar-refractivity contribution in [3.8, 4) is 0 Å². The molecule has 0 aliphatic heterocycles. The summed E-state index contributed by atoms with van der Waals surface area (Å²) in [4.78, 5) is 11.4. The van der Waals surface area contributed by atoms with Crippen LogP contribution in [0.4, 0.5) is 11.4 Å². The molecule has 1 rings (SSSR count). The van der Waals surface area contributed by atoms with Crippen LogP contribution in [0.2, 0.25) is 0 Å². The maximum atomic E-state index is 11.4. The van der Waals surface area contributed by atoms with Gasteiger partial charge in [-0.15, -0.1) is 0 Å². The summed E-state index contributed by atoms with van der Waals surface area (Å²) >= 11 is 0. The maximum Gasteiger partial charge on any atom is 0.229 e. The molecule has 1 amide bonds. The summed E-state index contributed by atoms with van der Waals surface area (Å²) in [6, 6.07) is 6.58. The first-order valence-electron chi connectivity index (χ1n) is 5.28. The third-order valence-electron chi connectivity index (χ3n) is 1.93. The fourth-order valence-corrected chi connectivity index (χ4v) is 1.88. The summed E-state index contributed by atoms with van der Waals surface area (Å²) in [5, 5.41) is 2.70. The summed E-state index contributed by atoms with van der Waals surface area (Å²) in [6.45, 7) is 1.92. The Morgan fingerprint density at radius 1 is 1.29 bits per heavy atom. The van der Waals surface area contributed by atoms with Gasteiger partial charge in [-0.3, -0.25) is 9.52 Å². The summed E-state index contributed by atoms with van der Waals surface area (Å²) in [5.41, 5.74) is 1.01. The Balaban J connectivity index is 2.76. The number of hydrogen-bond donors (Lipinski definition) is 2. The van der Waals surface area contributed by atoms with Crippen LogP contribution in [0, 0.1) is 0 Å². The fourth-order valence-electron chi connectivity index (χ4n) is 1.33. The van der Waals surface area contributed by atoms with Gasteiger partial charge in [0, 0.05) is 12.1 Å². The number of carbonyl (C=O) groups is 1. The molecule has 0 radical (unpaired) electrons. The molecule has 1 aromatic carbocycles. The third-order valence-corrected chi connectivity index (χ3v) is 2.53.